The number of hydrogen-bond acceptors (Lipinski definition) is 7. The Morgan fingerprint density at radius 1 is 1.26 bits per heavy atom. The predicted molar refractivity (Wildman–Crippen MR) is 96.3 cm³/mol. The molecule has 3 rings (SSSR count). The number of nitrogens with one attached hydrogen (secondary N) is 2. The van der Waals surface area contributed by atoms with Gasteiger partial charge < -0.3 is 10.1 Å². The Hall–Kier alpha value is -2.73. The van der Waals surface area contributed by atoms with Gasteiger partial charge >= 0.3 is 12.2 Å². The van der Waals surface area contributed by atoms with Crippen molar-refractivity contribution in [3.63, 3.8) is 0 Å². The minimum Gasteiger partial charge on any atom is -0.494 e. The molecule has 0 radical (unpaired) electrons. The molecule has 0 aliphatic rings. The number of thiazole rings is 1. The van der Waals surface area contributed by atoms with Crippen molar-refractivity contribution in [2.75, 3.05) is 17.2 Å². The minimum atomic E-state index is -4.61. The molecule has 0 spiro atoms. The monoisotopic (exact) mass is 415 g/mol. The Morgan fingerprint density at radius 2 is 2.07 bits per heavy atom. The first kappa shape index (κ1) is 19.0. The minimum absolute atomic E-state index is 0.240. The van der Waals surface area contributed by atoms with Crippen LogP contribution in [-0.4, -0.2) is 27.8 Å². The number of alkyl halides is 3. The highest BCUT2D eigenvalue weighted by atomic mass is 32.1. The van der Waals surface area contributed by atoms with Crippen LogP contribution >= 0.6 is 22.7 Å². The first-order chi connectivity index (χ1) is 12.9. The van der Waals surface area contributed by atoms with E-state index >= 15 is 0 Å². The summed E-state index contributed by atoms with van der Waals surface area (Å²) >= 11 is 1.61. The Labute approximate surface area is 159 Å². The van der Waals surface area contributed by atoms with Crippen LogP contribution in [0.15, 0.2) is 29.8 Å². The number of rotatable bonds is 5. The van der Waals surface area contributed by atoms with Gasteiger partial charge in [-0.25, -0.2) is 9.78 Å². The first-order valence-corrected chi connectivity index (χ1v) is 9.22. The van der Waals surface area contributed by atoms with Gasteiger partial charge in [0, 0.05) is 17.1 Å². The van der Waals surface area contributed by atoms with Crippen LogP contribution in [0.3, 0.4) is 0 Å². The largest absolute Gasteiger partial charge is 0.494 e. The van der Waals surface area contributed by atoms with E-state index in [1.807, 2.05) is 6.92 Å². The maximum Gasteiger partial charge on any atom is 0.445 e. The summed E-state index contributed by atoms with van der Waals surface area (Å²) in [6.07, 6.45) is -2.99. The summed E-state index contributed by atoms with van der Waals surface area (Å²) < 4.78 is 43.1. The molecule has 2 aromatic heterocycles. The molecule has 0 saturated carbocycles. The van der Waals surface area contributed by atoms with Crippen LogP contribution in [0.2, 0.25) is 0 Å². The molecule has 7 nitrogen and oxygen atoms in total. The maximum atomic E-state index is 12.6. The van der Waals surface area contributed by atoms with E-state index in [2.05, 4.69) is 25.8 Å². The molecular weight excluding hydrogens is 403 g/mol. The number of urea groups is 1. The van der Waals surface area contributed by atoms with E-state index in [-0.39, 0.29) is 16.5 Å². The lowest BCUT2D eigenvalue weighted by Gasteiger charge is -2.12. The number of halogens is 3. The molecule has 0 fully saturated rings. The summed E-state index contributed by atoms with van der Waals surface area (Å²) in [5.74, 6) is 0.604. The number of nitrogens with zero attached hydrogens (tertiary/aromatic N) is 3. The predicted octanol–water partition coefficient (Wildman–Crippen LogP) is 4.72. The average Bonchev–Trinajstić information content (AvgIpc) is 3.27. The quantitative estimate of drug-likeness (QED) is 0.629. The number of aromatic nitrogens is 3. The third-order valence-corrected chi connectivity index (χ3v) is 4.79. The van der Waals surface area contributed by atoms with Gasteiger partial charge in [0.25, 0.3) is 0 Å². The van der Waals surface area contributed by atoms with Gasteiger partial charge in [-0.2, -0.15) is 13.2 Å². The Balaban J connectivity index is 1.78. The van der Waals surface area contributed by atoms with E-state index < -0.39 is 17.2 Å². The Bertz CT molecular complexity index is 928. The van der Waals surface area contributed by atoms with E-state index in [1.54, 1.807) is 29.8 Å². The third kappa shape index (κ3) is 4.71. The average molecular weight is 415 g/mol. The summed E-state index contributed by atoms with van der Waals surface area (Å²) in [5.41, 5.74) is 1.05. The molecule has 0 saturated heterocycles. The van der Waals surface area contributed by atoms with E-state index in [9.17, 15) is 18.0 Å². The summed E-state index contributed by atoms with van der Waals surface area (Å²) in [5, 5.41) is 12.2. The van der Waals surface area contributed by atoms with Crippen LogP contribution < -0.4 is 15.4 Å². The van der Waals surface area contributed by atoms with Crippen molar-refractivity contribution in [1.29, 1.82) is 0 Å². The fourth-order valence-electron chi connectivity index (χ4n) is 2.06. The van der Waals surface area contributed by atoms with Crippen molar-refractivity contribution in [2.24, 2.45) is 0 Å². The second-order valence-electron chi connectivity index (χ2n) is 4.97. The first-order valence-electron chi connectivity index (χ1n) is 7.52. The van der Waals surface area contributed by atoms with Crippen LogP contribution in [0, 0.1) is 0 Å². The molecule has 0 bridgehead atoms. The zero-order chi connectivity index (χ0) is 19.4. The van der Waals surface area contributed by atoms with Crippen LogP contribution in [0.1, 0.15) is 11.9 Å². The molecule has 0 aliphatic heterocycles. The zero-order valence-corrected chi connectivity index (χ0v) is 15.3. The molecule has 2 heterocycles. The van der Waals surface area contributed by atoms with Crippen molar-refractivity contribution in [3.05, 3.63) is 34.8 Å². The maximum absolute atomic E-state index is 12.6. The highest BCUT2D eigenvalue weighted by molar-refractivity contribution is 7.15. The normalized spacial score (nSPS) is 11.3. The topological polar surface area (TPSA) is 89.0 Å². The van der Waals surface area contributed by atoms with Gasteiger partial charge in [-0.3, -0.25) is 5.32 Å². The molecule has 27 heavy (non-hydrogen) atoms. The van der Waals surface area contributed by atoms with Crippen molar-refractivity contribution < 1.29 is 22.7 Å². The number of carbonyl (C=O) groups is 1. The summed E-state index contributed by atoms with van der Waals surface area (Å²) in [6.45, 7) is 2.32. The van der Waals surface area contributed by atoms with Crippen molar-refractivity contribution in [2.45, 2.75) is 13.1 Å². The summed E-state index contributed by atoms with van der Waals surface area (Å²) in [4.78, 5) is 16.4. The van der Waals surface area contributed by atoms with Crippen LogP contribution in [-0.2, 0) is 6.18 Å². The molecule has 0 atom stereocenters. The van der Waals surface area contributed by atoms with Crippen LogP contribution in [0.25, 0.3) is 10.6 Å². The van der Waals surface area contributed by atoms with Gasteiger partial charge in [0.2, 0.25) is 10.1 Å². The van der Waals surface area contributed by atoms with Gasteiger partial charge in [-0.05, 0) is 25.1 Å². The highest BCUT2D eigenvalue weighted by Crippen LogP contribution is 2.34. The molecule has 0 aliphatic carbocycles. The van der Waals surface area contributed by atoms with Gasteiger partial charge in [0.05, 0.1) is 12.3 Å². The van der Waals surface area contributed by atoms with Crippen LogP contribution in [0.4, 0.5) is 28.8 Å². The number of amides is 2. The number of benzene rings is 1. The summed E-state index contributed by atoms with van der Waals surface area (Å²) in [6, 6.07) is 4.28. The number of hydrogen-bond donors (Lipinski definition) is 2. The lowest BCUT2D eigenvalue weighted by atomic mass is 10.1. The van der Waals surface area contributed by atoms with E-state index in [4.69, 9.17) is 4.74 Å². The van der Waals surface area contributed by atoms with Gasteiger partial charge in [0.15, 0.2) is 0 Å². The smallest absolute Gasteiger partial charge is 0.445 e. The number of anilines is 2. The fraction of sp³-hybridized carbons (Fsp3) is 0.200. The molecule has 2 amide bonds. The lowest BCUT2D eigenvalue weighted by molar-refractivity contribution is -0.138. The molecule has 12 heteroatoms. The molecule has 3 aromatic rings. The molecule has 0 unspecified atom stereocenters. The third-order valence-electron chi connectivity index (χ3n) is 3.10. The van der Waals surface area contributed by atoms with Gasteiger partial charge in [-0.1, -0.05) is 11.3 Å². The molecule has 142 valence electrons. The van der Waals surface area contributed by atoms with Crippen molar-refractivity contribution >= 4 is 39.5 Å². The highest BCUT2D eigenvalue weighted by Gasteiger charge is 2.35. The fourth-order valence-corrected chi connectivity index (χ4v) is 3.34. The Kier molecular flexibility index (Phi) is 5.56. The number of ether oxygens (including phenoxy) is 1. The van der Waals surface area contributed by atoms with Crippen molar-refractivity contribution in [3.8, 4) is 16.3 Å². The standard InChI is InChI=1S/C15H12F3N5O2S2/c1-2-25-8-3-4-10(9(7-8)11-19-5-6-26-11)20-13(24)21-14-23-22-12(27-14)15(16,17)18/h3-7H,2H2,1H3,(H2,20,21,23,24). The zero-order valence-electron chi connectivity index (χ0n) is 13.7. The summed E-state index contributed by atoms with van der Waals surface area (Å²) in [7, 11) is 0. The van der Waals surface area contributed by atoms with E-state index in [0.29, 0.717) is 28.6 Å². The van der Waals surface area contributed by atoms with Crippen LogP contribution in [0.5, 0.6) is 5.75 Å². The number of carbonyl (C=O) groups excluding carboxylic acids is 1. The second kappa shape index (κ2) is 7.88. The molecule has 1 aromatic carbocycles. The van der Waals surface area contributed by atoms with E-state index in [0.717, 1.165) is 0 Å². The van der Waals surface area contributed by atoms with E-state index in [1.165, 1.54) is 11.3 Å². The SMILES string of the molecule is CCOc1ccc(NC(=O)Nc2nnc(C(F)(F)F)s2)c(-c2nccs2)c1. The van der Waals surface area contributed by atoms with Gasteiger partial charge in [-0.15, -0.1) is 21.5 Å². The second-order valence-corrected chi connectivity index (χ2v) is 6.84. The van der Waals surface area contributed by atoms with Crippen molar-refractivity contribution in [1.82, 2.24) is 15.2 Å². The Morgan fingerprint density at radius 3 is 2.70 bits per heavy atom. The lowest BCUT2D eigenvalue weighted by Crippen LogP contribution is -2.19. The molecule has 2 N–H and O–H groups in total. The van der Waals surface area contributed by atoms with Gasteiger partial charge in [0.1, 0.15) is 10.8 Å². The molecular formula is C15H12F3N5O2S2.